The van der Waals surface area contributed by atoms with Crippen LogP contribution in [0.4, 0.5) is 0 Å². The summed E-state index contributed by atoms with van der Waals surface area (Å²) in [5.41, 5.74) is 0. The van der Waals surface area contributed by atoms with Crippen LogP contribution in [0.1, 0.15) is 162 Å². The minimum Gasteiger partial charge on any atom is -0.492 e. The molecule has 0 aromatic heterocycles. The molecular formula is C48H85NO8P+. The number of nitrogens with zero attached hydrogens (tertiary/aromatic N) is 1. The number of likely N-dealkylation sites (N-methyl/N-ethyl adjacent to an activating group) is 1. The van der Waals surface area contributed by atoms with Crippen molar-refractivity contribution in [3.63, 3.8) is 0 Å². The maximum Gasteiger partial charge on any atom is 0.472 e. The molecule has 334 valence electrons. The Morgan fingerprint density at radius 2 is 1.17 bits per heavy atom. The maximum absolute atomic E-state index is 12.5. The largest absolute Gasteiger partial charge is 0.492 e. The number of ether oxygens (including phenoxy) is 3. The van der Waals surface area contributed by atoms with Crippen molar-refractivity contribution in [3.8, 4) is 0 Å². The maximum atomic E-state index is 12.5. The Hall–Kier alpha value is -2.26. The Labute approximate surface area is 355 Å². The highest BCUT2D eigenvalue weighted by atomic mass is 31.2. The minimum absolute atomic E-state index is 0.0739. The van der Waals surface area contributed by atoms with E-state index in [1.54, 1.807) is 6.26 Å². The highest BCUT2D eigenvalue weighted by Gasteiger charge is 2.36. The van der Waals surface area contributed by atoms with Gasteiger partial charge in [-0.05, 0) is 63.9 Å². The van der Waals surface area contributed by atoms with E-state index in [1.807, 2.05) is 39.4 Å². The summed E-state index contributed by atoms with van der Waals surface area (Å²) in [6.45, 7) is 4.69. The summed E-state index contributed by atoms with van der Waals surface area (Å²) < 4.78 is 40.4. The van der Waals surface area contributed by atoms with Crippen LogP contribution in [0.3, 0.4) is 0 Å². The summed E-state index contributed by atoms with van der Waals surface area (Å²) in [6, 6.07) is 0. The number of esters is 1. The monoisotopic (exact) mass is 835 g/mol. The highest BCUT2D eigenvalue weighted by molar-refractivity contribution is 7.47. The minimum atomic E-state index is -4.29. The van der Waals surface area contributed by atoms with Crippen molar-refractivity contribution in [1.29, 1.82) is 0 Å². The molecule has 1 saturated heterocycles. The first kappa shape index (κ1) is 53.8. The molecule has 3 unspecified atom stereocenters. The second-order valence-corrected chi connectivity index (χ2v) is 18.0. The summed E-state index contributed by atoms with van der Waals surface area (Å²) in [5, 5.41) is 0. The fourth-order valence-corrected chi connectivity index (χ4v) is 6.82. The zero-order chi connectivity index (χ0) is 42.4. The first-order valence-corrected chi connectivity index (χ1v) is 24.3. The molecule has 0 spiro atoms. The van der Waals surface area contributed by atoms with Gasteiger partial charge < -0.3 is 23.6 Å². The number of phosphoric ester groups is 1. The van der Waals surface area contributed by atoms with E-state index in [0.29, 0.717) is 29.7 Å². The molecule has 0 aliphatic carbocycles. The quantitative estimate of drug-likeness (QED) is 0.0124. The van der Waals surface area contributed by atoms with Crippen molar-refractivity contribution in [2.24, 2.45) is 0 Å². The van der Waals surface area contributed by atoms with Crippen LogP contribution in [0.2, 0.25) is 0 Å². The molecule has 1 heterocycles. The number of carbonyl (C=O) groups excluding carboxylic acids is 1. The third-order valence-electron chi connectivity index (χ3n) is 9.79. The summed E-state index contributed by atoms with van der Waals surface area (Å²) in [4.78, 5) is 22.7. The smallest absolute Gasteiger partial charge is 0.472 e. The zero-order valence-corrected chi connectivity index (χ0v) is 38.3. The predicted molar refractivity (Wildman–Crippen MR) is 242 cm³/mol. The van der Waals surface area contributed by atoms with Crippen LogP contribution in [0.5, 0.6) is 0 Å². The molecule has 58 heavy (non-hydrogen) atoms. The molecule has 10 heteroatoms. The van der Waals surface area contributed by atoms with Gasteiger partial charge in [-0.2, -0.15) is 0 Å². The van der Waals surface area contributed by atoms with Crippen LogP contribution < -0.4 is 0 Å². The van der Waals surface area contributed by atoms with E-state index < -0.39 is 13.9 Å². The van der Waals surface area contributed by atoms with E-state index in [9.17, 15) is 14.3 Å². The first-order chi connectivity index (χ1) is 28.1. The van der Waals surface area contributed by atoms with Crippen LogP contribution >= 0.6 is 7.82 Å². The van der Waals surface area contributed by atoms with Crippen LogP contribution in [0.15, 0.2) is 73.1 Å². The molecule has 0 aromatic rings. The van der Waals surface area contributed by atoms with Crippen LogP contribution in [-0.2, 0) is 32.6 Å². The Kier molecular flexibility index (Phi) is 33.9. The lowest BCUT2D eigenvalue weighted by Crippen LogP contribution is -2.37. The molecule has 0 saturated carbocycles. The number of carbonyl (C=O) groups is 1. The molecule has 1 aliphatic heterocycles. The summed E-state index contributed by atoms with van der Waals surface area (Å²) in [6.07, 6.45) is 50.9. The average Bonchev–Trinajstić information content (AvgIpc) is 3.94. The van der Waals surface area contributed by atoms with Crippen LogP contribution in [0.25, 0.3) is 0 Å². The van der Waals surface area contributed by atoms with Crippen molar-refractivity contribution in [1.82, 2.24) is 0 Å². The van der Waals surface area contributed by atoms with E-state index in [1.165, 1.54) is 83.5 Å². The Bertz CT molecular complexity index is 1220. The lowest BCUT2D eigenvalue weighted by atomic mass is 10.0. The lowest BCUT2D eigenvalue weighted by Gasteiger charge is -2.24. The SMILES string of the molecule is CC/C=C\CC1OC1C/C=C\C/C=C\C/C=C\C/C=C\CCC(=O)OC[C@H](COP(=O)(O)OCC[N+](C)(C)C)O/C=C/CCCCCCCCCCCCCCCC. The molecule has 1 N–H and O–H groups in total. The fraction of sp³-hybridized carbons (Fsp3) is 0.729. The highest BCUT2D eigenvalue weighted by Crippen LogP contribution is 2.43. The van der Waals surface area contributed by atoms with E-state index >= 15 is 0 Å². The Balaban J connectivity index is 2.28. The van der Waals surface area contributed by atoms with E-state index in [2.05, 4.69) is 62.5 Å². The zero-order valence-electron chi connectivity index (χ0n) is 37.5. The van der Waals surface area contributed by atoms with Gasteiger partial charge in [-0.1, -0.05) is 158 Å². The van der Waals surface area contributed by atoms with Crippen LogP contribution in [-0.4, -0.2) is 81.2 Å². The predicted octanol–water partition coefficient (Wildman–Crippen LogP) is 12.8. The van der Waals surface area contributed by atoms with Gasteiger partial charge in [0, 0.05) is 6.42 Å². The standard InChI is InChI=1S/C48H84NO8P/c1-6-8-10-11-12-13-14-15-16-17-20-23-26-29-32-36-41-53-45(44-56-58(51,52)55-42-40-49(3,4)5)43-54-48(50)39-35-31-28-25-22-19-18-21-24-27-30-34-38-47-46(57-47)37-33-9-7-2/h9,19,21-22,24,28,30-31,33-34,36,41,45-47H,6-8,10-18,20,23,25-27,29,32,35,37-40,42-44H2,1-5H3/p+1/b22-19-,24-21-,31-28-,33-9-,34-30-,41-36+/t45-,46?,47?/m1/s1. The Morgan fingerprint density at radius 1 is 0.655 bits per heavy atom. The lowest BCUT2D eigenvalue weighted by molar-refractivity contribution is -0.870. The summed E-state index contributed by atoms with van der Waals surface area (Å²) in [5.74, 6) is -0.362. The number of hydrogen-bond acceptors (Lipinski definition) is 7. The van der Waals surface area contributed by atoms with Gasteiger partial charge in [0.05, 0.1) is 46.2 Å². The molecule has 0 amide bonds. The molecule has 0 bridgehead atoms. The molecule has 9 nitrogen and oxygen atoms in total. The number of phosphoric acid groups is 1. The molecule has 4 atom stereocenters. The van der Waals surface area contributed by atoms with Crippen molar-refractivity contribution in [2.45, 2.75) is 180 Å². The third kappa shape index (κ3) is 36.8. The van der Waals surface area contributed by atoms with Crippen molar-refractivity contribution < 1.29 is 42.0 Å². The van der Waals surface area contributed by atoms with E-state index in [0.717, 1.165) is 51.4 Å². The topological polar surface area (TPSA) is 104 Å². The first-order valence-electron chi connectivity index (χ1n) is 22.8. The van der Waals surface area contributed by atoms with Gasteiger partial charge in [0.15, 0.2) is 6.10 Å². The molecule has 1 rings (SSSR count). The molecule has 1 fully saturated rings. The second-order valence-electron chi connectivity index (χ2n) is 16.5. The summed E-state index contributed by atoms with van der Waals surface area (Å²) in [7, 11) is 1.62. The van der Waals surface area contributed by atoms with Crippen LogP contribution in [0, 0.1) is 0 Å². The third-order valence-corrected chi connectivity index (χ3v) is 10.8. The van der Waals surface area contributed by atoms with E-state index in [-0.39, 0.29) is 32.2 Å². The second kappa shape index (κ2) is 36.6. The number of epoxide rings is 1. The molecule has 0 radical (unpaired) electrons. The van der Waals surface area contributed by atoms with Gasteiger partial charge >= 0.3 is 13.8 Å². The van der Waals surface area contributed by atoms with Gasteiger partial charge in [0.25, 0.3) is 0 Å². The van der Waals surface area contributed by atoms with Gasteiger partial charge in [-0.3, -0.25) is 13.8 Å². The van der Waals surface area contributed by atoms with Crippen molar-refractivity contribution in [2.75, 3.05) is 47.5 Å². The molecule has 0 aromatic carbocycles. The van der Waals surface area contributed by atoms with Gasteiger partial charge in [0.1, 0.15) is 19.8 Å². The number of unbranched alkanes of at least 4 members (excludes halogenated alkanes) is 14. The number of rotatable bonds is 40. The molecular weight excluding hydrogens is 750 g/mol. The fourth-order valence-electron chi connectivity index (χ4n) is 6.07. The normalized spacial score (nSPS) is 17.8. The number of hydrogen-bond donors (Lipinski definition) is 1. The van der Waals surface area contributed by atoms with Gasteiger partial charge in [0.2, 0.25) is 0 Å². The summed E-state index contributed by atoms with van der Waals surface area (Å²) >= 11 is 0. The van der Waals surface area contributed by atoms with E-state index in [4.69, 9.17) is 23.3 Å². The van der Waals surface area contributed by atoms with Gasteiger partial charge in [-0.15, -0.1) is 0 Å². The Morgan fingerprint density at radius 3 is 1.72 bits per heavy atom. The van der Waals surface area contributed by atoms with Gasteiger partial charge in [-0.25, -0.2) is 4.57 Å². The van der Waals surface area contributed by atoms with Crippen molar-refractivity contribution >= 4 is 13.8 Å². The average molecular weight is 835 g/mol. The van der Waals surface area contributed by atoms with Crippen molar-refractivity contribution in [3.05, 3.63) is 73.1 Å². The number of allylic oxidation sites excluding steroid dienone is 9. The number of quaternary nitrogens is 1. The molecule has 1 aliphatic rings.